The van der Waals surface area contributed by atoms with Crippen LogP contribution < -0.4 is 5.32 Å². The highest BCUT2D eigenvalue weighted by Crippen LogP contribution is 2.23. The minimum absolute atomic E-state index is 0.00320. The van der Waals surface area contributed by atoms with Gasteiger partial charge in [0, 0.05) is 23.2 Å². The Balaban J connectivity index is 1.54. The van der Waals surface area contributed by atoms with Crippen LogP contribution in [0.4, 0.5) is 13.2 Å². The molecule has 1 aliphatic carbocycles. The number of H-pyrrole nitrogens is 1. The molecule has 5 nitrogen and oxygen atoms in total. The molecule has 2 N–H and O–H groups in total. The van der Waals surface area contributed by atoms with Crippen molar-refractivity contribution in [3.8, 4) is 11.3 Å². The molecule has 2 aromatic carbocycles. The molecular formula is C24H23F3N4O. The average Bonchev–Trinajstić information content (AvgIpc) is 3.44. The van der Waals surface area contributed by atoms with Crippen molar-refractivity contribution in [1.29, 1.82) is 0 Å². The summed E-state index contributed by atoms with van der Waals surface area (Å²) in [5, 5.41) is 9.89. The first-order valence-electron chi connectivity index (χ1n) is 10.5. The van der Waals surface area contributed by atoms with Crippen LogP contribution in [-0.2, 0) is 6.42 Å². The van der Waals surface area contributed by atoms with Crippen molar-refractivity contribution in [3.05, 3.63) is 76.7 Å². The third-order valence-corrected chi connectivity index (χ3v) is 5.56. The lowest BCUT2D eigenvalue weighted by atomic mass is 10.1. The molecule has 1 aliphatic rings. The van der Waals surface area contributed by atoms with Crippen molar-refractivity contribution in [2.24, 2.45) is 4.99 Å². The summed E-state index contributed by atoms with van der Waals surface area (Å²) in [4.78, 5) is 17.3. The first kappa shape index (κ1) is 21.8. The van der Waals surface area contributed by atoms with E-state index in [0.29, 0.717) is 28.4 Å². The fraction of sp³-hybridized carbons (Fsp3) is 0.292. The molecule has 32 heavy (non-hydrogen) atoms. The first-order valence-corrected chi connectivity index (χ1v) is 10.5. The maximum absolute atomic E-state index is 13.9. The van der Waals surface area contributed by atoms with E-state index in [1.165, 1.54) is 12.1 Å². The SMILES string of the molecule is Cc1ccc(-c2cc(CC(=NC3CCCC3)NC(=O)c3ccc(F)c(F)c3)[nH]n2)cc1F. The number of aryl methyl sites for hydroxylation is 1. The Morgan fingerprint density at radius 1 is 1.06 bits per heavy atom. The molecule has 4 rings (SSSR count). The van der Waals surface area contributed by atoms with Crippen LogP contribution in [0.2, 0.25) is 0 Å². The summed E-state index contributed by atoms with van der Waals surface area (Å²) in [6.45, 7) is 1.69. The van der Waals surface area contributed by atoms with Crippen LogP contribution in [0.1, 0.15) is 47.3 Å². The predicted molar refractivity (Wildman–Crippen MR) is 116 cm³/mol. The van der Waals surface area contributed by atoms with E-state index in [2.05, 4.69) is 15.5 Å². The fourth-order valence-corrected chi connectivity index (χ4v) is 3.75. The van der Waals surface area contributed by atoms with Gasteiger partial charge in [-0.1, -0.05) is 25.0 Å². The molecule has 0 radical (unpaired) electrons. The van der Waals surface area contributed by atoms with Crippen molar-refractivity contribution >= 4 is 11.7 Å². The first-order chi connectivity index (χ1) is 15.4. The number of nitrogens with one attached hydrogen (secondary N) is 2. The molecule has 0 saturated heterocycles. The maximum Gasteiger partial charge on any atom is 0.256 e. The zero-order chi connectivity index (χ0) is 22.7. The summed E-state index contributed by atoms with van der Waals surface area (Å²) >= 11 is 0. The lowest BCUT2D eigenvalue weighted by Gasteiger charge is -2.11. The van der Waals surface area contributed by atoms with Crippen LogP contribution in [0.25, 0.3) is 11.3 Å². The van der Waals surface area contributed by atoms with E-state index in [9.17, 15) is 18.0 Å². The molecule has 0 spiro atoms. The summed E-state index contributed by atoms with van der Waals surface area (Å²) < 4.78 is 40.7. The Hall–Kier alpha value is -3.42. The number of nitrogens with zero attached hydrogens (tertiary/aromatic N) is 2. The normalized spacial score (nSPS) is 14.7. The van der Waals surface area contributed by atoms with Gasteiger partial charge in [0.25, 0.3) is 5.91 Å². The molecule has 166 valence electrons. The maximum atomic E-state index is 13.9. The number of hydrogen-bond acceptors (Lipinski definition) is 3. The standard InChI is InChI=1S/C24H23F3N4O/c1-14-6-7-15(10-20(14)26)22-12-18(30-31-22)13-23(28-17-4-2-3-5-17)29-24(32)16-8-9-19(25)21(27)11-16/h6-12,17H,2-5,13H2,1H3,(H,30,31)(H,28,29,32). The van der Waals surface area contributed by atoms with E-state index in [1.54, 1.807) is 25.1 Å². The Bertz CT molecular complexity index is 1170. The van der Waals surface area contributed by atoms with Crippen LogP contribution in [0.5, 0.6) is 0 Å². The van der Waals surface area contributed by atoms with Gasteiger partial charge in [-0.25, -0.2) is 13.2 Å². The number of aliphatic imine (C=N–C) groups is 1. The monoisotopic (exact) mass is 440 g/mol. The number of carbonyl (C=O) groups excluding carboxylic acids is 1. The molecule has 0 aliphatic heterocycles. The summed E-state index contributed by atoms with van der Waals surface area (Å²) in [5.41, 5.74) is 2.45. The largest absolute Gasteiger partial charge is 0.310 e. The Morgan fingerprint density at radius 2 is 1.84 bits per heavy atom. The highest BCUT2D eigenvalue weighted by atomic mass is 19.2. The number of amides is 1. The van der Waals surface area contributed by atoms with Crippen LogP contribution >= 0.6 is 0 Å². The number of carbonyl (C=O) groups is 1. The second kappa shape index (κ2) is 9.38. The lowest BCUT2D eigenvalue weighted by molar-refractivity contribution is 0.0975. The Morgan fingerprint density at radius 3 is 2.56 bits per heavy atom. The van der Waals surface area contributed by atoms with E-state index in [-0.39, 0.29) is 23.8 Å². The van der Waals surface area contributed by atoms with Gasteiger partial charge in [-0.3, -0.25) is 14.9 Å². The van der Waals surface area contributed by atoms with Gasteiger partial charge in [0.2, 0.25) is 0 Å². The fourth-order valence-electron chi connectivity index (χ4n) is 3.75. The second-order valence-electron chi connectivity index (χ2n) is 8.02. The Kier molecular flexibility index (Phi) is 6.39. The molecule has 1 saturated carbocycles. The van der Waals surface area contributed by atoms with Gasteiger partial charge in [0.05, 0.1) is 11.7 Å². The molecule has 8 heteroatoms. The topological polar surface area (TPSA) is 70.1 Å². The van der Waals surface area contributed by atoms with Crippen molar-refractivity contribution in [1.82, 2.24) is 15.5 Å². The van der Waals surface area contributed by atoms with Crippen molar-refractivity contribution in [2.75, 3.05) is 0 Å². The van der Waals surface area contributed by atoms with E-state index in [1.807, 2.05) is 0 Å². The average molecular weight is 440 g/mol. The molecule has 0 bridgehead atoms. The van der Waals surface area contributed by atoms with Crippen molar-refractivity contribution in [3.63, 3.8) is 0 Å². The number of halogens is 3. The van der Waals surface area contributed by atoms with Gasteiger partial charge < -0.3 is 5.32 Å². The third kappa shape index (κ3) is 5.07. The highest BCUT2D eigenvalue weighted by molar-refractivity contribution is 6.06. The zero-order valence-electron chi connectivity index (χ0n) is 17.6. The zero-order valence-corrected chi connectivity index (χ0v) is 17.6. The minimum atomic E-state index is -1.09. The second-order valence-corrected chi connectivity index (χ2v) is 8.02. The molecule has 0 atom stereocenters. The molecule has 3 aromatic rings. The highest BCUT2D eigenvalue weighted by Gasteiger charge is 2.18. The van der Waals surface area contributed by atoms with Crippen molar-refractivity contribution in [2.45, 2.75) is 45.1 Å². The Labute approximate surface area is 183 Å². The van der Waals surface area contributed by atoms with Gasteiger partial charge in [0.15, 0.2) is 11.6 Å². The lowest BCUT2D eigenvalue weighted by Crippen LogP contribution is -2.33. The molecule has 1 aromatic heterocycles. The number of rotatable bonds is 5. The van der Waals surface area contributed by atoms with Gasteiger partial charge in [-0.2, -0.15) is 5.10 Å². The number of benzene rings is 2. The molecule has 0 unspecified atom stereocenters. The molecule has 1 amide bonds. The van der Waals surface area contributed by atoms with Crippen LogP contribution in [0, 0.1) is 24.4 Å². The number of aromatic amines is 1. The summed E-state index contributed by atoms with van der Waals surface area (Å²) in [7, 11) is 0. The van der Waals surface area contributed by atoms with Crippen LogP contribution in [0.15, 0.2) is 47.5 Å². The number of aromatic nitrogens is 2. The van der Waals surface area contributed by atoms with E-state index in [4.69, 9.17) is 4.99 Å². The number of amidine groups is 1. The van der Waals surface area contributed by atoms with E-state index in [0.717, 1.165) is 37.8 Å². The summed E-state index contributed by atoms with van der Waals surface area (Å²) in [5.74, 6) is -2.57. The third-order valence-electron chi connectivity index (χ3n) is 5.56. The van der Waals surface area contributed by atoms with Gasteiger partial charge >= 0.3 is 0 Å². The minimum Gasteiger partial charge on any atom is -0.310 e. The molecular weight excluding hydrogens is 417 g/mol. The van der Waals surface area contributed by atoms with Crippen LogP contribution in [-0.4, -0.2) is 28.0 Å². The van der Waals surface area contributed by atoms with E-state index < -0.39 is 17.5 Å². The number of hydrogen-bond donors (Lipinski definition) is 2. The summed E-state index contributed by atoms with van der Waals surface area (Å²) in [6, 6.07) is 9.78. The quantitative estimate of drug-likeness (QED) is 0.427. The van der Waals surface area contributed by atoms with Crippen LogP contribution in [0.3, 0.4) is 0 Å². The molecule has 1 fully saturated rings. The smallest absolute Gasteiger partial charge is 0.256 e. The van der Waals surface area contributed by atoms with E-state index >= 15 is 0 Å². The molecule has 1 heterocycles. The van der Waals surface area contributed by atoms with Gasteiger partial charge in [-0.05, 0) is 55.7 Å². The van der Waals surface area contributed by atoms with Crippen molar-refractivity contribution < 1.29 is 18.0 Å². The summed E-state index contributed by atoms with van der Waals surface area (Å²) in [6.07, 6.45) is 4.27. The predicted octanol–water partition coefficient (Wildman–Crippen LogP) is 5.12. The van der Waals surface area contributed by atoms with Gasteiger partial charge in [0.1, 0.15) is 11.7 Å². The van der Waals surface area contributed by atoms with Gasteiger partial charge in [-0.15, -0.1) is 0 Å².